The van der Waals surface area contributed by atoms with Crippen molar-refractivity contribution in [2.24, 2.45) is 0 Å². The van der Waals surface area contributed by atoms with E-state index in [0.29, 0.717) is 30.1 Å². The number of rotatable bonds is 14. The molecule has 1 aromatic rings. The molecule has 3 aliphatic heterocycles. The van der Waals surface area contributed by atoms with Crippen molar-refractivity contribution in [3.05, 3.63) is 35.1 Å². The minimum Gasteiger partial charge on any atom is -0.497 e. The van der Waals surface area contributed by atoms with Gasteiger partial charge in [0.25, 0.3) is 0 Å². The minimum atomic E-state index is -2.13. The van der Waals surface area contributed by atoms with Crippen molar-refractivity contribution < 1.29 is 43.5 Å². The topological polar surface area (TPSA) is 124 Å². The summed E-state index contributed by atoms with van der Waals surface area (Å²) in [5.41, 5.74) is -1.43. The zero-order chi connectivity index (χ0) is 31.5. The standard InChI is InChI=1S/C34H49NO9/c1-5-6-7-8-17-41-28(36)21-34(39,14-9-12-32(2,3)38)31(37)44-30-27(40-4)20-33-13-10-15-35(33)16-11-23-18-25-26(43-22-42-25)19-24(23)29(30)33/h18-20,29-30,38-39H,5-17,21-22H2,1-4H3/t29-,30?,33+,34?/m1/s1. The molecule has 1 aromatic carbocycles. The fraction of sp³-hybridized carbons (Fsp3) is 0.706. The Kier molecular flexibility index (Phi) is 9.82. The number of fused-ring (bicyclic) bond motifs is 3. The molecule has 1 spiro atoms. The Morgan fingerprint density at radius 2 is 1.84 bits per heavy atom. The lowest BCUT2D eigenvalue weighted by Gasteiger charge is -2.39. The summed E-state index contributed by atoms with van der Waals surface area (Å²) in [6.07, 6.45) is 7.79. The van der Waals surface area contributed by atoms with E-state index in [-0.39, 0.29) is 25.7 Å². The van der Waals surface area contributed by atoms with Gasteiger partial charge in [-0.2, -0.15) is 0 Å². The van der Waals surface area contributed by atoms with E-state index in [0.717, 1.165) is 69.2 Å². The lowest BCUT2D eigenvalue weighted by Crippen LogP contribution is -2.49. The molecular weight excluding hydrogens is 566 g/mol. The number of hydrogen-bond acceptors (Lipinski definition) is 10. The number of nitrogens with zero attached hydrogens (tertiary/aromatic N) is 1. The molecule has 1 saturated heterocycles. The quantitative estimate of drug-likeness (QED) is 0.228. The van der Waals surface area contributed by atoms with E-state index >= 15 is 0 Å². The first kappa shape index (κ1) is 32.6. The van der Waals surface area contributed by atoms with Gasteiger partial charge in [-0.15, -0.1) is 0 Å². The second kappa shape index (κ2) is 13.3. The Hall–Kier alpha value is -2.82. The van der Waals surface area contributed by atoms with Crippen LogP contribution in [0.3, 0.4) is 0 Å². The lowest BCUT2D eigenvalue weighted by atomic mass is 9.77. The summed E-state index contributed by atoms with van der Waals surface area (Å²) in [4.78, 5) is 29.4. The van der Waals surface area contributed by atoms with Crippen LogP contribution in [-0.2, 0) is 30.2 Å². The highest BCUT2D eigenvalue weighted by Crippen LogP contribution is 2.55. The molecule has 5 rings (SSSR count). The van der Waals surface area contributed by atoms with Gasteiger partial charge in [-0.05, 0) is 94.7 Å². The highest BCUT2D eigenvalue weighted by Gasteiger charge is 2.59. The number of methoxy groups -OCH3 is 1. The van der Waals surface area contributed by atoms with Gasteiger partial charge in [0.15, 0.2) is 23.2 Å². The van der Waals surface area contributed by atoms with Crippen LogP contribution in [0.15, 0.2) is 24.0 Å². The molecule has 10 nitrogen and oxygen atoms in total. The molecule has 0 bridgehead atoms. The van der Waals surface area contributed by atoms with Gasteiger partial charge < -0.3 is 33.9 Å². The highest BCUT2D eigenvalue weighted by molar-refractivity contribution is 5.86. The third-order valence-corrected chi connectivity index (χ3v) is 9.65. The zero-order valence-electron chi connectivity index (χ0n) is 26.7. The van der Waals surface area contributed by atoms with Gasteiger partial charge in [-0.3, -0.25) is 9.69 Å². The molecule has 0 aromatic heterocycles. The molecule has 4 aliphatic rings. The summed E-state index contributed by atoms with van der Waals surface area (Å²) in [5.74, 6) is 0.0494. The highest BCUT2D eigenvalue weighted by atomic mass is 16.7. The van der Waals surface area contributed by atoms with Crippen LogP contribution in [0.5, 0.6) is 11.5 Å². The number of benzene rings is 1. The smallest absolute Gasteiger partial charge is 0.339 e. The molecule has 2 N–H and O–H groups in total. The van der Waals surface area contributed by atoms with Crippen molar-refractivity contribution in [1.82, 2.24) is 4.90 Å². The van der Waals surface area contributed by atoms with Crippen LogP contribution in [0, 0.1) is 0 Å². The van der Waals surface area contributed by atoms with Gasteiger partial charge in [0.05, 0.1) is 37.2 Å². The third-order valence-electron chi connectivity index (χ3n) is 9.65. The van der Waals surface area contributed by atoms with Gasteiger partial charge in [-0.1, -0.05) is 26.2 Å². The number of ether oxygens (including phenoxy) is 5. The van der Waals surface area contributed by atoms with Gasteiger partial charge in [-0.25, -0.2) is 4.79 Å². The third kappa shape index (κ3) is 6.72. The van der Waals surface area contributed by atoms with Crippen LogP contribution in [0.1, 0.15) is 102 Å². The molecule has 44 heavy (non-hydrogen) atoms. The summed E-state index contributed by atoms with van der Waals surface area (Å²) in [7, 11) is 1.57. The maximum Gasteiger partial charge on any atom is 0.339 e. The van der Waals surface area contributed by atoms with Crippen molar-refractivity contribution in [2.45, 2.75) is 120 Å². The Morgan fingerprint density at radius 3 is 2.57 bits per heavy atom. The van der Waals surface area contributed by atoms with E-state index in [1.54, 1.807) is 21.0 Å². The molecule has 0 amide bonds. The second-order valence-corrected chi connectivity index (χ2v) is 13.4. The van der Waals surface area contributed by atoms with Crippen LogP contribution in [-0.4, -0.2) is 83.5 Å². The van der Waals surface area contributed by atoms with Crippen LogP contribution in [0.4, 0.5) is 0 Å². The molecule has 244 valence electrons. The first-order valence-electron chi connectivity index (χ1n) is 16.3. The number of carbonyl (C=O) groups is 2. The van der Waals surface area contributed by atoms with Crippen molar-refractivity contribution in [1.29, 1.82) is 0 Å². The van der Waals surface area contributed by atoms with E-state index in [4.69, 9.17) is 23.7 Å². The lowest BCUT2D eigenvalue weighted by molar-refractivity contribution is -0.179. The van der Waals surface area contributed by atoms with E-state index in [1.165, 1.54) is 0 Å². The predicted octanol–water partition coefficient (Wildman–Crippen LogP) is 4.53. The summed E-state index contributed by atoms with van der Waals surface area (Å²) >= 11 is 0. The van der Waals surface area contributed by atoms with E-state index in [2.05, 4.69) is 17.9 Å². The summed E-state index contributed by atoms with van der Waals surface area (Å²) in [6.45, 7) is 7.59. The maximum absolute atomic E-state index is 14.1. The first-order valence-corrected chi connectivity index (χ1v) is 16.3. The van der Waals surface area contributed by atoms with E-state index in [1.807, 2.05) is 12.1 Å². The number of aliphatic hydroxyl groups is 2. The fourth-order valence-corrected chi connectivity index (χ4v) is 7.40. The Morgan fingerprint density at radius 1 is 1.07 bits per heavy atom. The number of carbonyl (C=O) groups excluding carboxylic acids is 2. The molecule has 2 unspecified atom stereocenters. The molecular formula is C34H49NO9. The van der Waals surface area contributed by atoms with Crippen LogP contribution < -0.4 is 9.47 Å². The molecule has 0 saturated carbocycles. The number of unbranched alkanes of at least 4 members (excludes halogenated alkanes) is 3. The van der Waals surface area contributed by atoms with Crippen LogP contribution in [0.25, 0.3) is 0 Å². The molecule has 1 fully saturated rings. The Balaban J connectivity index is 1.42. The second-order valence-electron chi connectivity index (χ2n) is 13.4. The zero-order valence-corrected chi connectivity index (χ0v) is 26.7. The van der Waals surface area contributed by atoms with Gasteiger partial charge in [0.1, 0.15) is 5.76 Å². The first-order chi connectivity index (χ1) is 21.0. The van der Waals surface area contributed by atoms with Crippen molar-refractivity contribution in [3.63, 3.8) is 0 Å². The average Bonchev–Trinajstić information content (AvgIpc) is 3.65. The van der Waals surface area contributed by atoms with E-state index in [9.17, 15) is 19.8 Å². The molecule has 0 radical (unpaired) electrons. The Labute approximate surface area is 260 Å². The SMILES string of the molecule is CCCCCCOC(=O)CC(O)(CCCC(C)(C)O)C(=O)OC1C(OC)=C[C@]23CCCN2CCc2cc4c(cc2[C@H]13)OCO4. The average molecular weight is 616 g/mol. The van der Waals surface area contributed by atoms with Crippen molar-refractivity contribution in [3.8, 4) is 11.5 Å². The summed E-state index contributed by atoms with van der Waals surface area (Å²) in [5, 5.41) is 22.1. The van der Waals surface area contributed by atoms with Crippen molar-refractivity contribution >= 4 is 11.9 Å². The molecule has 3 heterocycles. The largest absolute Gasteiger partial charge is 0.497 e. The molecule has 4 atom stereocenters. The number of hydrogen-bond donors (Lipinski definition) is 2. The summed E-state index contributed by atoms with van der Waals surface area (Å²) < 4.78 is 29.0. The predicted molar refractivity (Wildman–Crippen MR) is 162 cm³/mol. The summed E-state index contributed by atoms with van der Waals surface area (Å²) in [6, 6.07) is 4.03. The number of esters is 2. The van der Waals surface area contributed by atoms with E-state index < -0.39 is 41.2 Å². The minimum absolute atomic E-state index is 0.0588. The maximum atomic E-state index is 14.1. The van der Waals surface area contributed by atoms with Crippen LogP contribution >= 0.6 is 0 Å². The van der Waals surface area contributed by atoms with Crippen LogP contribution in [0.2, 0.25) is 0 Å². The molecule has 1 aliphatic carbocycles. The fourth-order valence-electron chi connectivity index (χ4n) is 7.40. The monoisotopic (exact) mass is 615 g/mol. The molecule has 10 heteroatoms. The Bertz CT molecular complexity index is 1240. The van der Waals surface area contributed by atoms with Crippen molar-refractivity contribution in [2.75, 3.05) is 33.6 Å². The normalized spacial score (nSPS) is 25.3. The van der Waals surface area contributed by atoms with Gasteiger partial charge >= 0.3 is 11.9 Å². The van der Waals surface area contributed by atoms with Gasteiger partial charge in [0, 0.05) is 6.54 Å². The van der Waals surface area contributed by atoms with Gasteiger partial charge in [0.2, 0.25) is 6.79 Å².